The van der Waals surface area contributed by atoms with Crippen molar-refractivity contribution < 1.29 is 12.4 Å². The van der Waals surface area contributed by atoms with Gasteiger partial charge in [-0.1, -0.05) is 48.5 Å². The van der Waals surface area contributed by atoms with E-state index in [1.807, 2.05) is 0 Å². The fourth-order valence-corrected chi connectivity index (χ4v) is 1.13. The molecule has 64 valence electrons. The van der Waals surface area contributed by atoms with Crippen LogP contribution in [0.2, 0.25) is 0 Å². The Morgan fingerprint density at radius 3 is 1.08 bits per heavy atom. The van der Waals surface area contributed by atoms with Crippen molar-refractivity contribution in [2.24, 2.45) is 0 Å². The third kappa shape index (κ3) is 2.20. The Morgan fingerprint density at radius 2 is 0.833 bits per heavy atom. The standard InChI is InChI=1S/C10H8.ClH.H3P/c1-2-6-10-8-4-3-7-9(10)5-1;;/h1-8H;1H;1H3. The van der Waals surface area contributed by atoms with Gasteiger partial charge in [-0.2, -0.15) is 0 Å². The molecule has 1 unspecified atom stereocenters. The Labute approximate surface area is 82.0 Å². The summed E-state index contributed by atoms with van der Waals surface area (Å²) in [6, 6.07) is 16.7. The molecule has 0 aliphatic heterocycles. The van der Waals surface area contributed by atoms with Crippen LogP contribution < -0.4 is 12.4 Å². The van der Waals surface area contributed by atoms with Crippen molar-refractivity contribution in [2.75, 3.05) is 0 Å². The lowest BCUT2D eigenvalue weighted by atomic mass is 10.1. The summed E-state index contributed by atoms with van der Waals surface area (Å²) >= 11 is 0. The molecule has 0 bridgehead atoms. The number of halogens is 1. The SMILES string of the molecule is [Cl-].[PH4+].c1ccc2ccccc2c1. The molecule has 2 aromatic carbocycles. The van der Waals surface area contributed by atoms with Crippen LogP contribution in [0.1, 0.15) is 0 Å². The lowest BCUT2D eigenvalue weighted by molar-refractivity contribution is -0.00000206. The van der Waals surface area contributed by atoms with Gasteiger partial charge in [0.15, 0.2) is 0 Å². The van der Waals surface area contributed by atoms with E-state index < -0.39 is 0 Å². The van der Waals surface area contributed by atoms with Gasteiger partial charge in [0.25, 0.3) is 0 Å². The first kappa shape index (κ1) is 11.4. The van der Waals surface area contributed by atoms with Crippen molar-refractivity contribution in [1.82, 2.24) is 0 Å². The smallest absolute Gasteiger partial charge is 0.0184 e. The summed E-state index contributed by atoms with van der Waals surface area (Å²) in [6.07, 6.45) is 0. The topological polar surface area (TPSA) is 0 Å². The Hall–Kier alpha value is -0.580. The van der Waals surface area contributed by atoms with Gasteiger partial charge in [0.1, 0.15) is 0 Å². The molecule has 0 fully saturated rings. The Bertz CT molecular complexity index is 281. The quantitative estimate of drug-likeness (QED) is 0.507. The number of rotatable bonds is 0. The summed E-state index contributed by atoms with van der Waals surface area (Å²) in [5, 5.41) is 2.62. The first-order valence-corrected chi connectivity index (χ1v) is 3.40. The minimum Gasteiger partial charge on any atom is -1.00 e. The molecular formula is C10H12ClP. The maximum Gasteiger partial charge on any atom is -0.0184 e. The molecule has 0 nitrogen and oxygen atoms in total. The molecule has 2 rings (SSSR count). The van der Waals surface area contributed by atoms with Crippen molar-refractivity contribution in [2.45, 2.75) is 0 Å². The highest BCUT2D eigenvalue weighted by Gasteiger charge is 1.85. The van der Waals surface area contributed by atoms with Gasteiger partial charge >= 0.3 is 0 Å². The zero-order chi connectivity index (χ0) is 6.81. The van der Waals surface area contributed by atoms with Gasteiger partial charge in [-0.3, -0.25) is 0 Å². The van der Waals surface area contributed by atoms with E-state index in [1.165, 1.54) is 10.8 Å². The molecule has 0 heterocycles. The fourth-order valence-electron chi connectivity index (χ4n) is 1.13. The van der Waals surface area contributed by atoms with Gasteiger partial charge in [-0.15, -0.1) is 0 Å². The van der Waals surface area contributed by atoms with Crippen molar-refractivity contribution in [1.29, 1.82) is 0 Å². The highest BCUT2D eigenvalue weighted by molar-refractivity contribution is 6.92. The molecule has 1 atom stereocenters. The molecule has 0 N–H and O–H groups in total. The zero-order valence-corrected chi connectivity index (χ0v) is 9.75. The van der Waals surface area contributed by atoms with E-state index in [0.29, 0.717) is 0 Å². The van der Waals surface area contributed by atoms with Crippen LogP contribution in [-0.2, 0) is 0 Å². The first-order chi connectivity index (χ1) is 4.97. The van der Waals surface area contributed by atoms with Gasteiger partial charge in [-0.05, 0) is 20.7 Å². The van der Waals surface area contributed by atoms with E-state index in [1.54, 1.807) is 0 Å². The minimum atomic E-state index is 0. The van der Waals surface area contributed by atoms with Gasteiger partial charge in [0.05, 0.1) is 0 Å². The molecule has 0 aliphatic carbocycles. The molecule has 0 radical (unpaired) electrons. The highest BCUT2D eigenvalue weighted by atomic mass is 35.5. The lowest BCUT2D eigenvalue weighted by Gasteiger charge is -1.92. The van der Waals surface area contributed by atoms with E-state index >= 15 is 0 Å². The summed E-state index contributed by atoms with van der Waals surface area (Å²) in [4.78, 5) is 0. The Balaban J connectivity index is 0.000000605. The summed E-state index contributed by atoms with van der Waals surface area (Å²) in [5.41, 5.74) is 0. The molecule has 0 saturated carbocycles. The molecule has 0 spiro atoms. The highest BCUT2D eigenvalue weighted by Crippen LogP contribution is 2.11. The summed E-state index contributed by atoms with van der Waals surface area (Å²) in [6.45, 7) is 0. The zero-order valence-electron chi connectivity index (χ0n) is 7.00. The van der Waals surface area contributed by atoms with Gasteiger partial charge < -0.3 is 12.4 Å². The summed E-state index contributed by atoms with van der Waals surface area (Å²) in [5.74, 6) is 0. The number of benzene rings is 2. The van der Waals surface area contributed by atoms with Crippen LogP contribution in [0.5, 0.6) is 0 Å². The third-order valence-electron chi connectivity index (χ3n) is 1.66. The van der Waals surface area contributed by atoms with Crippen LogP contribution in [-0.4, -0.2) is 0 Å². The van der Waals surface area contributed by atoms with Crippen molar-refractivity contribution in [3.63, 3.8) is 0 Å². The van der Waals surface area contributed by atoms with Crippen LogP contribution in [0.4, 0.5) is 0 Å². The maximum absolute atomic E-state index is 2.12. The second-order valence-corrected chi connectivity index (χ2v) is 2.35. The predicted octanol–water partition coefficient (Wildman–Crippen LogP) is -0.366. The number of fused-ring (bicyclic) bond motifs is 1. The third-order valence-corrected chi connectivity index (χ3v) is 1.66. The van der Waals surface area contributed by atoms with Crippen molar-refractivity contribution in [3.8, 4) is 0 Å². The predicted molar refractivity (Wildman–Crippen MR) is 56.4 cm³/mol. The minimum absolute atomic E-state index is 0. The number of hydrogen-bond donors (Lipinski definition) is 0. The second-order valence-electron chi connectivity index (χ2n) is 2.35. The molecule has 2 heteroatoms. The van der Waals surface area contributed by atoms with Crippen LogP contribution in [0.15, 0.2) is 48.5 Å². The molecule has 12 heavy (non-hydrogen) atoms. The van der Waals surface area contributed by atoms with Crippen molar-refractivity contribution in [3.05, 3.63) is 48.5 Å². The lowest BCUT2D eigenvalue weighted by Crippen LogP contribution is -3.00. The van der Waals surface area contributed by atoms with Crippen LogP contribution in [0, 0.1) is 0 Å². The monoisotopic (exact) mass is 198 g/mol. The first-order valence-electron chi connectivity index (χ1n) is 3.40. The molecule has 0 aliphatic rings. The maximum atomic E-state index is 2.12. The van der Waals surface area contributed by atoms with Gasteiger partial charge in [-0.25, -0.2) is 0 Å². The van der Waals surface area contributed by atoms with E-state index in [4.69, 9.17) is 0 Å². The van der Waals surface area contributed by atoms with E-state index in [9.17, 15) is 0 Å². The van der Waals surface area contributed by atoms with Crippen molar-refractivity contribution >= 4 is 20.7 Å². The van der Waals surface area contributed by atoms with Gasteiger partial charge in [0, 0.05) is 0 Å². The molecular weight excluding hydrogens is 187 g/mol. The molecule has 2 aromatic rings. The largest absolute Gasteiger partial charge is 1.00 e. The van der Waals surface area contributed by atoms with Crippen LogP contribution >= 0.6 is 9.90 Å². The molecule has 0 amide bonds. The van der Waals surface area contributed by atoms with Crippen LogP contribution in [0.3, 0.4) is 0 Å². The van der Waals surface area contributed by atoms with Gasteiger partial charge in [0.2, 0.25) is 0 Å². The average molecular weight is 199 g/mol. The van der Waals surface area contributed by atoms with E-state index in [-0.39, 0.29) is 22.3 Å². The summed E-state index contributed by atoms with van der Waals surface area (Å²) in [7, 11) is 0. The normalized spacial score (nSPS) is 8.33. The number of hydrogen-bond acceptors (Lipinski definition) is 0. The fraction of sp³-hybridized carbons (Fsp3) is 0. The molecule has 0 aromatic heterocycles. The van der Waals surface area contributed by atoms with E-state index in [0.717, 1.165) is 0 Å². The van der Waals surface area contributed by atoms with Crippen LogP contribution in [0.25, 0.3) is 10.8 Å². The van der Waals surface area contributed by atoms with E-state index in [2.05, 4.69) is 48.5 Å². The molecule has 0 saturated heterocycles. The average Bonchev–Trinajstić information content (AvgIpc) is 2.05. The Morgan fingerprint density at radius 1 is 0.583 bits per heavy atom. The summed E-state index contributed by atoms with van der Waals surface area (Å²) < 4.78 is 0. The second kappa shape index (κ2) is 5.13. The Kier molecular flexibility index (Phi) is 4.89.